The van der Waals surface area contributed by atoms with Crippen LogP contribution in [0.1, 0.15) is 20.3 Å². The molecule has 114 valence electrons. The molecule has 0 spiro atoms. The quantitative estimate of drug-likeness (QED) is 0.754. The molecule has 0 saturated carbocycles. The summed E-state index contributed by atoms with van der Waals surface area (Å²) in [5, 5.41) is 0. The molecular weight excluding hydrogens is 344 g/mol. The normalized spacial score (nSPS) is 13.7. The van der Waals surface area contributed by atoms with E-state index in [0.29, 0.717) is 23.3 Å². The van der Waals surface area contributed by atoms with Crippen molar-refractivity contribution in [1.29, 1.82) is 0 Å². The zero-order valence-corrected chi connectivity index (χ0v) is 14.4. The van der Waals surface area contributed by atoms with Crippen LogP contribution in [0.2, 0.25) is 0 Å². The zero-order valence-electron chi connectivity index (χ0n) is 12.0. The summed E-state index contributed by atoms with van der Waals surface area (Å²) >= 11 is 3.27. The van der Waals surface area contributed by atoms with Gasteiger partial charge in [0.15, 0.2) is 0 Å². The minimum absolute atomic E-state index is 0.0976. The molecule has 0 aromatic heterocycles. The molecule has 0 fully saturated rings. The average molecular weight is 365 g/mol. The van der Waals surface area contributed by atoms with E-state index in [0.717, 1.165) is 6.42 Å². The zero-order chi connectivity index (χ0) is 15.3. The van der Waals surface area contributed by atoms with Crippen LogP contribution >= 0.6 is 15.9 Å². The topological polar surface area (TPSA) is 72.6 Å². The van der Waals surface area contributed by atoms with E-state index < -0.39 is 10.0 Å². The van der Waals surface area contributed by atoms with Crippen molar-refractivity contribution < 1.29 is 13.2 Å². The van der Waals surface area contributed by atoms with Crippen LogP contribution in [-0.2, 0) is 14.8 Å². The van der Waals surface area contributed by atoms with E-state index in [1.54, 1.807) is 19.2 Å². The summed E-state index contributed by atoms with van der Waals surface area (Å²) in [6.07, 6.45) is 0.732. The van der Waals surface area contributed by atoms with Crippen molar-refractivity contribution in [3.63, 3.8) is 0 Å². The summed E-state index contributed by atoms with van der Waals surface area (Å²) in [4.78, 5) is 0.225. The van der Waals surface area contributed by atoms with E-state index >= 15 is 0 Å². The molecule has 0 saturated heterocycles. The van der Waals surface area contributed by atoms with Gasteiger partial charge in [-0.1, -0.05) is 6.92 Å². The second-order valence-electron chi connectivity index (χ2n) is 4.56. The van der Waals surface area contributed by atoms with Crippen LogP contribution in [0.15, 0.2) is 27.6 Å². The minimum Gasteiger partial charge on any atom is -0.399 e. The lowest BCUT2D eigenvalue weighted by Crippen LogP contribution is -2.40. The first-order valence-electron chi connectivity index (χ1n) is 6.40. The van der Waals surface area contributed by atoms with Crippen molar-refractivity contribution in [3.05, 3.63) is 22.7 Å². The lowest BCUT2D eigenvalue weighted by molar-refractivity contribution is 0.167. The number of hydrogen-bond donors (Lipinski definition) is 1. The monoisotopic (exact) mass is 364 g/mol. The summed E-state index contributed by atoms with van der Waals surface area (Å²) < 4.78 is 32.5. The number of sulfonamides is 1. The summed E-state index contributed by atoms with van der Waals surface area (Å²) in [6, 6.07) is 4.61. The fourth-order valence-corrected chi connectivity index (χ4v) is 4.56. The molecule has 0 bridgehead atoms. The van der Waals surface area contributed by atoms with Gasteiger partial charge in [0, 0.05) is 29.9 Å². The summed E-state index contributed by atoms with van der Waals surface area (Å²) in [7, 11) is -2.03. The van der Waals surface area contributed by atoms with Crippen molar-refractivity contribution in [2.75, 3.05) is 26.0 Å². The van der Waals surface area contributed by atoms with Gasteiger partial charge in [-0.3, -0.25) is 0 Å². The Morgan fingerprint density at radius 3 is 2.60 bits per heavy atom. The Kier molecular flexibility index (Phi) is 6.44. The number of halogens is 1. The number of nitrogens with zero attached hydrogens (tertiary/aromatic N) is 1. The highest BCUT2D eigenvalue weighted by Gasteiger charge is 2.29. The van der Waals surface area contributed by atoms with Crippen LogP contribution in [0.4, 0.5) is 5.69 Å². The van der Waals surface area contributed by atoms with Crippen molar-refractivity contribution in [2.24, 2.45) is 0 Å². The molecule has 0 aliphatic heterocycles. The number of methoxy groups -OCH3 is 1. The van der Waals surface area contributed by atoms with Crippen LogP contribution in [-0.4, -0.2) is 39.0 Å². The molecular formula is C13H21BrN2O3S. The molecule has 0 aliphatic rings. The first-order valence-corrected chi connectivity index (χ1v) is 8.63. The SMILES string of the molecule is CCC(C)N(CCOC)S(=O)(=O)c1ccc(N)cc1Br. The standard InChI is InChI=1S/C13H21BrN2O3S/c1-4-10(2)16(7-8-19-3)20(17,18)13-6-5-11(15)9-12(13)14/h5-6,9-10H,4,7-8,15H2,1-3H3. The van der Waals surface area contributed by atoms with Gasteiger partial charge in [0.2, 0.25) is 10.0 Å². The Labute approximate surface area is 129 Å². The number of nitrogen functional groups attached to an aromatic ring is 1. The van der Waals surface area contributed by atoms with Crippen LogP contribution in [0.5, 0.6) is 0 Å². The fraction of sp³-hybridized carbons (Fsp3) is 0.538. The van der Waals surface area contributed by atoms with Gasteiger partial charge in [0.25, 0.3) is 0 Å². The number of benzene rings is 1. The highest BCUT2D eigenvalue weighted by Crippen LogP contribution is 2.28. The molecule has 0 amide bonds. The molecule has 1 unspecified atom stereocenters. The predicted octanol–water partition coefficient (Wildman–Crippen LogP) is 2.47. The van der Waals surface area contributed by atoms with E-state index in [9.17, 15) is 8.42 Å². The summed E-state index contributed by atoms with van der Waals surface area (Å²) in [5.74, 6) is 0. The highest BCUT2D eigenvalue weighted by atomic mass is 79.9. The highest BCUT2D eigenvalue weighted by molar-refractivity contribution is 9.10. The van der Waals surface area contributed by atoms with E-state index in [-0.39, 0.29) is 10.9 Å². The molecule has 1 aromatic carbocycles. The third kappa shape index (κ3) is 3.94. The van der Waals surface area contributed by atoms with Crippen molar-refractivity contribution in [3.8, 4) is 0 Å². The minimum atomic E-state index is -3.58. The maximum Gasteiger partial charge on any atom is 0.244 e. The molecule has 20 heavy (non-hydrogen) atoms. The lowest BCUT2D eigenvalue weighted by atomic mass is 10.3. The third-order valence-corrected chi connectivity index (χ3v) is 6.13. The number of rotatable bonds is 7. The van der Waals surface area contributed by atoms with E-state index in [1.165, 1.54) is 10.4 Å². The van der Waals surface area contributed by atoms with Crippen LogP contribution in [0.3, 0.4) is 0 Å². The average Bonchev–Trinajstić information content (AvgIpc) is 2.38. The second-order valence-corrected chi connectivity index (χ2v) is 7.27. The summed E-state index contributed by atoms with van der Waals surface area (Å²) in [5.41, 5.74) is 6.17. The first kappa shape index (κ1) is 17.4. The number of hydrogen-bond acceptors (Lipinski definition) is 4. The molecule has 2 N–H and O–H groups in total. The number of ether oxygens (including phenoxy) is 1. The Hall–Kier alpha value is -0.630. The Morgan fingerprint density at radius 2 is 2.10 bits per heavy atom. The van der Waals surface area contributed by atoms with Gasteiger partial charge in [0.1, 0.15) is 0 Å². The van der Waals surface area contributed by atoms with E-state index in [2.05, 4.69) is 15.9 Å². The molecule has 5 nitrogen and oxygen atoms in total. The van der Waals surface area contributed by atoms with Gasteiger partial charge in [-0.2, -0.15) is 4.31 Å². The maximum atomic E-state index is 12.8. The molecule has 0 heterocycles. The van der Waals surface area contributed by atoms with Gasteiger partial charge >= 0.3 is 0 Å². The van der Waals surface area contributed by atoms with Crippen molar-refractivity contribution in [1.82, 2.24) is 4.31 Å². The Bertz CT molecular complexity index is 549. The van der Waals surface area contributed by atoms with Gasteiger partial charge < -0.3 is 10.5 Å². The number of nitrogens with two attached hydrogens (primary N) is 1. The molecule has 1 rings (SSSR count). The second kappa shape index (κ2) is 7.40. The Balaban J connectivity index is 3.21. The van der Waals surface area contributed by atoms with Crippen LogP contribution in [0.25, 0.3) is 0 Å². The molecule has 1 atom stereocenters. The van der Waals surface area contributed by atoms with Gasteiger partial charge in [-0.05, 0) is 47.5 Å². The molecule has 0 radical (unpaired) electrons. The number of anilines is 1. The van der Waals surface area contributed by atoms with Crippen molar-refractivity contribution >= 4 is 31.6 Å². The maximum absolute atomic E-state index is 12.8. The first-order chi connectivity index (χ1) is 9.34. The van der Waals surface area contributed by atoms with Gasteiger partial charge in [0.05, 0.1) is 11.5 Å². The van der Waals surface area contributed by atoms with E-state index in [4.69, 9.17) is 10.5 Å². The molecule has 7 heteroatoms. The largest absolute Gasteiger partial charge is 0.399 e. The summed E-state index contributed by atoms with van der Waals surface area (Å²) in [6.45, 7) is 4.53. The lowest BCUT2D eigenvalue weighted by Gasteiger charge is -2.27. The van der Waals surface area contributed by atoms with E-state index in [1.807, 2.05) is 13.8 Å². The van der Waals surface area contributed by atoms with Crippen molar-refractivity contribution in [2.45, 2.75) is 31.2 Å². The van der Waals surface area contributed by atoms with Crippen LogP contribution in [0, 0.1) is 0 Å². The molecule has 0 aliphatic carbocycles. The van der Waals surface area contributed by atoms with Gasteiger partial charge in [-0.15, -0.1) is 0 Å². The Morgan fingerprint density at radius 1 is 1.45 bits per heavy atom. The van der Waals surface area contributed by atoms with Gasteiger partial charge in [-0.25, -0.2) is 8.42 Å². The van der Waals surface area contributed by atoms with Crippen LogP contribution < -0.4 is 5.73 Å². The smallest absolute Gasteiger partial charge is 0.244 e. The predicted molar refractivity (Wildman–Crippen MR) is 84.1 cm³/mol. The fourth-order valence-electron chi connectivity index (χ4n) is 1.81. The molecule has 1 aromatic rings. The third-order valence-electron chi connectivity index (χ3n) is 3.14.